The van der Waals surface area contributed by atoms with Crippen LogP contribution in [0.3, 0.4) is 0 Å². The number of rotatable bonds is 3. The number of anilines is 1. The van der Waals surface area contributed by atoms with Crippen LogP contribution in [0.25, 0.3) is 11.1 Å². The lowest BCUT2D eigenvalue weighted by atomic mass is 9.43. The van der Waals surface area contributed by atoms with Crippen LogP contribution in [-0.4, -0.2) is 64.4 Å². The van der Waals surface area contributed by atoms with Crippen LogP contribution in [0.2, 0.25) is 0 Å². The second-order valence-electron chi connectivity index (χ2n) is 12.7. The maximum absolute atomic E-state index is 17.5. The average Bonchev–Trinajstić information content (AvgIpc) is 3.57. The van der Waals surface area contributed by atoms with Crippen LogP contribution in [0, 0.1) is 34.0 Å². The molecule has 1 saturated heterocycles. The Morgan fingerprint density at radius 3 is 2.74 bits per heavy atom. The van der Waals surface area contributed by atoms with Crippen LogP contribution >= 0.6 is 0 Å². The van der Waals surface area contributed by atoms with Gasteiger partial charge in [0.15, 0.2) is 22.8 Å². The van der Waals surface area contributed by atoms with E-state index in [2.05, 4.69) is 4.98 Å². The molecule has 4 aliphatic carbocycles. The first kappa shape index (κ1) is 25.1. The number of aliphatic hydroxyl groups excluding tert-OH is 2. The molecule has 0 unspecified atom stereocenters. The number of halogens is 2. The summed E-state index contributed by atoms with van der Waals surface area (Å²) in [7, 11) is 0. The van der Waals surface area contributed by atoms with Gasteiger partial charge in [0.1, 0.15) is 18.3 Å². The Bertz CT molecular complexity index is 1440. The highest BCUT2D eigenvalue weighted by atomic mass is 19.1. The number of fused-ring (bicyclic) bond motifs is 8. The summed E-state index contributed by atoms with van der Waals surface area (Å²) in [4.78, 5) is 32.3. The Kier molecular flexibility index (Phi) is 5.05. The van der Waals surface area contributed by atoms with Crippen molar-refractivity contribution in [3.63, 3.8) is 0 Å². The highest BCUT2D eigenvalue weighted by molar-refractivity contribution is 6.01. The van der Waals surface area contributed by atoms with Gasteiger partial charge in [-0.25, -0.2) is 8.78 Å². The molecule has 1 aromatic heterocycles. The summed E-state index contributed by atoms with van der Waals surface area (Å²) < 4.78 is 39.2. The molecular weight excluding hydrogens is 506 g/mol. The van der Waals surface area contributed by atoms with Gasteiger partial charge < -0.3 is 19.5 Å². The maximum atomic E-state index is 17.5. The van der Waals surface area contributed by atoms with Gasteiger partial charge in [0, 0.05) is 24.4 Å². The van der Waals surface area contributed by atoms with Crippen molar-refractivity contribution < 1.29 is 33.0 Å². The third-order valence-corrected chi connectivity index (χ3v) is 11.3. The average molecular weight is 539 g/mol. The van der Waals surface area contributed by atoms with Crippen molar-refractivity contribution >= 4 is 28.7 Å². The number of allylic oxidation sites excluding steroid dienone is 4. The molecule has 9 heteroatoms. The number of carbonyl (C=O) groups excluding carboxylic acids is 2. The number of para-hydroxylation sites is 2. The van der Waals surface area contributed by atoms with Crippen molar-refractivity contribution in [3.8, 4) is 0 Å². The summed E-state index contributed by atoms with van der Waals surface area (Å²) in [5.74, 6) is -2.27. The van der Waals surface area contributed by atoms with E-state index in [9.17, 15) is 19.8 Å². The van der Waals surface area contributed by atoms with E-state index in [1.807, 2.05) is 36.1 Å². The molecule has 0 bridgehead atoms. The summed E-state index contributed by atoms with van der Waals surface area (Å²) in [6.07, 6.45) is 1.11. The SMILES string of the molecule is C[C@]12C=CC(=O)C=C1[C@@H](F)C[C@H]1[C@@H]3C[C@H]4CN(c5nc6ccccc6o5)C[C@@]4(C(=O)CO)[C@@]3(C)C[C@H](O)[C@@]12F. The monoisotopic (exact) mass is 538 g/mol. The molecule has 9 atom stereocenters. The molecule has 5 aliphatic rings. The van der Waals surface area contributed by atoms with E-state index in [0.29, 0.717) is 30.1 Å². The van der Waals surface area contributed by atoms with E-state index in [0.717, 1.165) is 0 Å². The Hall–Kier alpha value is -2.91. The van der Waals surface area contributed by atoms with Crippen LogP contribution in [0.5, 0.6) is 0 Å². The zero-order valence-electron chi connectivity index (χ0n) is 21.9. The number of alkyl halides is 2. The van der Waals surface area contributed by atoms with Gasteiger partial charge in [0.05, 0.1) is 11.5 Å². The van der Waals surface area contributed by atoms with Crippen LogP contribution in [0.15, 0.2) is 52.5 Å². The minimum atomic E-state index is -2.20. The largest absolute Gasteiger partial charge is 0.423 e. The zero-order valence-corrected chi connectivity index (χ0v) is 21.9. The number of aromatic nitrogens is 1. The number of aliphatic hydroxyl groups is 2. The Morgan fingerprint density at radius 1 is 1.23 bits per heavy atom. The number of Topliss-reactive ketones (excluding diaryl/α,β-unsaturated/α-hetero) is 1. The molecule has 7 rings (SSSR count). The maximum Gasteiger partial charge on any atom is 0.298 e. The molecular formula is C30H32F2N2O5. The van der Waals surface area contributed by atoms with Crippen LogP contribution in [0.1, 0.15) is 33.1 Å². The molecule has 206 valence electrons. The highest BCUT2D eigenvalue weighted by Crippen LogP contribution is 2.74. The normalized spacial score (nSPS) is 44.6. The molecule has 2 N–H and O–H groups in total. The fourth-order valence-electron chi connectivity index (χ4n) is 9.56. The molecule has 4 fully saturated rings. The summed E-state index contributed by atoms with van der Waals surface area (Å²) in [6, 6.07) is 7.76. The highest BCUT2D eigenvalue weighted by Gasteiger charge is 2.78. The fourth-order valence-corrected chi connectivity index (χ4v) is 9.56. The van der Waals surface area contributed by atoms with Crippen molar-refractivity contribution in [1.29, 1.82) is 0 Å². The molecule has 0 spiro atoms. The van der Waals surface area contributed by atoms with Crippen LogP contribution in [0.4, 0.5) is 14.8 Å². The summed E-state index contributed by atoms with van der Waals surface area (Å²) in [5, 5.41) is 21.8. The van der Waals surface area contributed by atoms with Crippen molar-refractivity contribution in [2.24, 2.45) is 34.0 Å². The second-order valence-corrected chi connectivity index (χ2v) is 12.7. The van der Waals surface area contributed by atoms with Crippen molar-refractivity contribution in [2.75, 3.05) is 24.6 Å². The molecule has 39 heavy (non-hydrogen) atoms. The quantitative estimate of drug-likeness (QED) is 0.614. The summed E-state index contributed by atoms with van der Waals surface area (Å²) in [5.41, 5.74) is -4.26. The molecule has 7 nitrogen and oxygen atoms in total. The van der Waals surface area contributed by atoms with E-state index < -0.39 is 52.6 Å². The van der Waals surface area contributed by atoms with Crippen LogP contribution < -0.4 is 4.90 Å². The molecule has 1 aromatic carbocycles. The van der Waals surface area contributed by atoms with Crippen molar-refractivity contribution in [3.05, 3.63) is 48.1 Å². The molecule has 3 saturated carbocycles. The van der Waals surface area contributed by atoms with Crippen molar-refractivity contribution in [2.45, 2.75) is 51.1 Å². The first-order valence-corrected chi connectivity index (χ1v) is 13.7. The topological polar surface area (TPSA) is 104 Å². The third-order valence-electron chi connectivity index (χ3n) is 11.3. The minimum Gasteiger partial charge on any atom is -0.423 e. The summed E-state index contributed by atoms with van der Waals surface area (Å²) >= 11 is 0. The van der Waals surface area contributed by atoms with E-state index in [1.54, 1.807) is 6.92 Å². The van der Waals surface area contributed by atoms with E-state index >= 15 is 8.78 Å². The number of nitrogens with zero attached hydrogens (tertiary/aromatic N) is 2. The smallest absolute Gasteiger partial charge is 0.298 e. The number of benzene rings is 1. The molecule has 2 aromatic rings. The van der Waals surface area contributed by atoms with Gasteiger partial charge in [-0.2, -0.15) is 4.98 Å². The Morgan fingerprint density at radius 2 is 2.00 bits per heavy atom. The van der Waals surface area contributed by atoms with E-state index in [-0.39, 0.29) is 42.4 Å². The molecule has 1 aliphatic heterocycles. The first-order chi connectivity index (χ1) is 18.5. The van der Waals surface area contributed by atoms with Crippen LogP contribution in [-0.2, 0) is 9.59 Å². The Labute approximate surface area is 224 Å². The number of ketones is 2. The second kappa shape index (κ2) is 7.85. The Balaban J connectivity index is 1.32. The standard InChI is InChI=1S/C30H32F2N2O5/c1-27-8-7-17(36)10-20(27)21(31)11-19-18-9-16-13-34(26-33-22-5-3-4-6-23(22)39-26)15-29(16,25(38)14-35)28(18,2)12-24(37)30(19,27)32/h3-8,10,16,18-19,21,24,35,37H,9,11-15H2,1-2H3/t16-,18-,19-,21-,24-,27-,28-,29+,30-/m0/s1. The lowest BCUT2D eigenvalue weighted by molar-refractivity contribution is -0.210. The number of oxazole rings is 1. The van der Waals surface area contributed by atoms with Gasteiger partial charge >= 0.3 is 0 Å². The van der Waals surface area contributed by atoms with E-state index in [4.69, 9.17) is 4.42 Å². The predicted octanol–water partition coefficient (Wildman–Crippen LogP) is 3.74. The van der Waals surface area contributed by atoms with E-state index in [1.165, 1.54) is 18.2 Å². The van der Waals surface area contributed by atoms with Gasteiger partial charge in [0.2, 0.25) is 0 Å². The number of hydrogen-bond donors (Lipinski definition) is 2. The predicted molar refractivity (Wildman–Crippen MR) is 138 cm³/mol. The van der Waals surface area contributed by atoms with Gasteiger partial charge in [-0.3, -0.25) is 9.59 Å². The lowest BCUT2D eigenvalue weighted by Gasteiger charge is -2.63. The summed E-state index contributed by atoms with van der Waals surface area (Å²) in [6.45, 7) is 3.44. The molecule has 0 amide bonds. The van der Waals surface area contributed by atoms with Gasteiger partial charge in [-0.1, -0.05) is 25.1 Å². The van der Waals surface area contributed by atoms with Gasteiger partial charge in [-0.15, -0.1) is 0 Å². The molecule has 0 radical (unpaired) electrons. The first-order valence-electron chi connectivity index (χ1n) is 13.7. The number of carbonyl (C=O) groups is 2. The molecule has 2 heterocycles. The minimum absolute atomic E-state index is 0.0179. The van der Waals surface area contributed by atoms with Crippen molar-refractivity contribution in [1.82, 2.24) is 4.98 Å². The third kappa shape index (κ3) is 2.85. The van der Waals surface area contributed by atoms with Gasteiger partial charge in [-0.05, 0) is 73.3 Å². The number of hydrogen-bond acceptors (Lipinski definition) is 7. The van der Waals surface area contributed by atoms with Gasteiger partial charge in [0.25, 0.3) is 6.01 Å². The lowest BCUT2D eigenvalue weighted by Crippen LogP contribution is -2.69. The zero-order chi connectivity index (χ0) is 27.5. The fraction of sp³-hybridized carbons (Fsp3) is 0.567.